The van der Waals surface area contributed by atoms with E-state index >= 15 is 0 Å². The minimum absolute atomic E-state index is 0.112. The number of aromatic nitrogens is 3. The molecule has 0 amide bonds. The summed E-state index contributed by atoms with van der Waals surface area (Å²) in [6.45, 7) is 0. The lowest BCUT2D eigenvalue weighted by molar-refractivity contribution is 0.0601. The van der Waals surface area contributed by atoms with Crippen LogP contribution in [0.2, 0.25) is 0 Å². The molecule has 0 bridgehead atoms. The van der Waals surface area contributed by atoms with E-state index in [9.17, 15) is 4.79 Å². The van der Waals surface area contributed by atoms with Crippen LogP contribution < -0.4 is 0 Å². The summed E-state index contributed by atoms with van der Waals surface area (Å²) in [5.41, 5.74) is 1.85. The van der Waals surface area contributed by atoms with Gasteiger partial charge in [-0.05, 0) is 18.2 Å². The highest BCUT2D eigenvalue weighted by Gasteiger charge is 2.08. The van der Waals surface area contributed by atoms with Crippen molar-refractivity contribution in [2.24, 2.45) is 0 Å². The maximum Gasteiger partial charge on any atom is 0.337 e. The molecule has 2 heterocycles. The van der Waals surface area contributed by atoms with Crippen LogP contribution in [0.1, 0.15) is 11.7 Å². The van der Waals surface area contributed by atoms with Crippen molar-refractivity contribution < 1.29 is 10.9 Å². The minimum Gasteiger partial charge on any atom is -0.465 e. The summed E-state index contributed by atoms with van der Waals surface area (Å²) >= 11 is 0. The van der Waals surface area contributed by atoms with Crippen molar-refractivity contribution in [1.29, 1.82) is 0 Å². The Morgan fingerprint density at radius 2 is 2.41 bits per heavy atom. The number of rotatable bonds is 1. The lowest BCUT2D eigenvalue weighted by Crippen LogP contribution is -2.01. The summed E-state index contributed by atoms with van der Waals surface area (Å²) in [5, 5.41) is 0.770. The lowest BCUT2D eigenvalue weighted by atomic mass is 10.1. The van der Waals surface area contributed by atoms with Crippen molar-refractivity contribution in [3.63, 3.8) is 0 Å². The summed E-state index contributed by atoms with van der Waals surface area (Å²) in [7, 11) is 1.34. The van der Waals surface area contributed by atoms with Gasteiger partial charge in [-0.1, -0.05) is 0 Å². The Morgan fingerprint density at radius 1 is 1.53 bits per heavy atom. The van der Waals surface area contributed by atoms with Gasteiger partial charge < -0.3 is 4.74 Å². The van der Waals surface area contributed by atoms with Crippen LogP contribution in [0.25, 0.3) is 16.4 Å². The van der Waals surface area contributed by atoms with Gasteiger partial charge in [0.15, 0.2) is 0 Å². The van der Waals surface area contributed by atoms with Crippen molar-refractivity contribution in [3.8, 4) is 0 Å². The van der Waals surface area contributed by atoms with E-state index in [4.69, 9.17) is 1.37 Å². The fourth-order valence-corrected chi connectivity index (χ4v) is 1.77. The molecule has 84 valence electrons. The zero-order chi connectivity index (χ0) is 12.7. The van der Waals surface area contributed by atoms with Gasteiger partial charge in [-0.15, -0.1) is 0 Å². The smallest absolute Gasteiger partial charge is 0.337 e. The van der Waals surface area contributed by atoms with Gasteiger partial charge in [0.25, 0.3) is 0 Å². The fraction of sp³-hybridized carbons (Fsp3) is 0.0833. The third-order valence-corrected chi connectivity index (χ3v) is 2.61. The highest BCUT2D eigenvalue weighted by molar-refractivity contribution is 5.99. The first-order valence-electron chi connectivity index (χ1n) is 5.51. The molecule has 3 rings (SSSR count). The zero-order valence-electron chi connectivity index (χ0n) is 10.0. The average Bonchev–Trinajstić information content (AvgIpc) is 2.88. The number of ether oxygens (including phenoxy) is 1. The third kappa shape index (κ3) is 1.44. The Bertz CT molecular complexity index is 766. The van der Waals surface area contributed by atoms with Gasteiger partial charge in [0, 0.05) is 5.39 Å². The van der Waals surface area contributed by atoms with Crippen molar-refractivity contribution in [1.82, 2.24) is 14.4 Å². The first-order valence-corrected chi connectivity index (χ1v) is 5.01. The SMILES string of the molecule is [2H]c1nc2ccc(C(=O)OC)cc2c2cncn12. The van der Waals surface area contributed by atoms with E-state index in [0.717, 1.165) is 10.9 Å². The van der Waals surface area contributed by atoms with Crippen LogP contribution in [0.5, 0.6) is 0 Å². The molecular formula is C12H9N3O2. The quantitative estimate of drug-likeness (QED) is 0.594. The number of fused-ring (bicyclic) bond motifs is 3. The molecule has 0 aliphatic rings. The van der Waals surface area contributed by atoms with E-state index < -0.39 is 5.97 Å². The highest BCUT2D eigenvalue weighted by atomic mass is 16.5. The molecule has 5 heteroatoms. The van der Waals surface area contributed by atoms with E-state index in [-0.39, 0.29) is 6.30 Å². The molecule has 0 aliphatic carbocycles. The average molecular weight is 228 g/mol. The molecule has 0 aliphatic heterocycles. The summed E-state index contributed by atoms with van der Waals surface area (Å²) in [5.74, 6) is -0.399. The zero-order valence-corrected chi connectivity index (χ0v) is 9.04. The predicted octanol–water partition coefficient (Wildman–Crippen LogP) is 1.67. The molecule has 0 saturated carbocycles. The number of carbonyl (C=O) groups excluding carboxylic acids is 1. The van der Waals surface area contributed by atoms with Gasteiger partial charge in [0.05, 0.1) is 29.9 Å². The largest absolute Gasteiger partial charge is 0.465 e. The van der Waals surface area contributed by atoms with Crippen LogP contribution in [0.3, 0.4) is 0 Å². The van der Waals surface area contributed by atoms with Crippen LogP contribution in [0, 0.1) is 0 Å². The molecular weight excluding hydrogens is 218 g/mol. The standard InChI is InChI=1S/C12H9N3O2/c1-17-12(16)8-2-3-10-9(4-8)11-5-13-6-15(11)7-14-10/h2-7H,1H3/i7D. The van der Waals surface area contributed by atoms with Gasteiger partial charge in [0.1, 0.15) is 14.0 Å². The highest BCUT2D eigenvalue weighted by Crippen LogP contribution is 2.19. The number of nitrogens with zero attached hydrogens (tertiary/aromatic N) is 3. The van der Waals surface area contributed by atoms with Crippen LogP contribution in [0.4, 0.5) is 0 Å². The molecule has 0 N–H and O–H groups in total. The van der Waals surface area contributed by atoms with Gasteiger partial charge >= 0.3 is 5.97 Å². The monoisotopic (exact) mass is 228 g/mol. The predicted molar refractivity (Wildman–Crippen MR) is 61.8 cm³/mol. The Labute approximate surface area is 98.1 Å². The fourth-order valence-electron chi connectivity index (χ4n) is 1.77. The number of carbonyl (C=O) groups is 1. The maximum absolute atomic E-state index is 11.5. The molecule has 17 heavy (non-hydrogen) atoms. The molecule has 0 radical (unpaired) electrons. The van der Waals surface area contributed by atoms with Crippen molar-refractivity contribution in [2.75, 3.05) is 7.11 Å². The Hall–Kier alpha value is -2.43. The second-order valence-electron chi connectivity index (χ2n) is 3.58. The van der Waals surface area contributed by atoms with E-state index in [1.165, 1.54) is 13.4 Å². The maximum atomic E-state index is 11.5. The molecule has 2 aromatic heterocycles. The van der Waals surface area contributed by atoms with Gasteiger partial charge in [-0.2, -0.15) is 0 Å². The van der Waals surface area contributed by atoms with Gasteiger partial charge in [-0.3, -0.25) is 4.40 Å². The minimum atomic E-state index is -0.399. The lowest BCUT2D eigenvalue weighted by Gasteiger charge is -2.03. The molecule has 0 unspecified atom stereocenters. The molecule has 5 nitrogen and oxygen atoms in total. The van der Waals surface area contributed by atoms with Crippen LogP contribution in [-0.2, 0) is 4.74 Å². The summed E-state index contributed by atoms with van der Waals surface area (Å²) in [4.78, 5) is 19.6. The molecule has 0 spiro atoms. The summed E-state index contributed by atoms with van der Waals surface area (Å²) in [6, 6.07) is 5.03. The second kappa shape index (κ2) is 3.55. The van der Waals surface area contributed by atoms with Crippen LogP contribution >= 0.6 is 0 Å². The molecule has 3 aromatic rings. The Balaban J connectivity index is 2.38. The van der Waals surface area contributed by atoms with Crippen LogP contribution in [0.15, 0.2) is 37.0 Å². The van der Waals surface area contributed by atoms with Crippen LogP contribution in [-0.4, -0.2) is 27.4 Å². The first-order chi connectivity index (χ1) is 8.70. The Morgan fingerprint density at radius 3 is 3.24 bits per heavy atom. The number of methoxy groups -OCH3 is 1. The van der Waals surface area contributed by atoms with Gasteiger partial charge in [-0.25, -0.2) is 14.8 Å². The topological polar surface area (TPSA) is 56.5 Å². The molecule has 0 saturated heterocycles. The van der Waals surface area contributed by atoms with E-state index in [1.54, 1.807) is 28.8 Å². The number of esters is 1. The molecule has 1 aromatic carbocycles. The normalized spacial score (nSPS) is 11.7. The van der Waals surface area contributed by atoms with Gasteiger partial charge in [0.2, 0.25) is 0 Å². The summed E-state index contributed by atoms with van der Waals surface area (Å²) in [6.07, 6.45) is 3.28. The van der Waals surface area contributed by atoms with E-state index in [1.807, 2.05) is 0 Å². The first kappa shape index (κ1) is 8.69. The number of imidazole rings is 1. The molecule has 0 fully saturated rings. The number of benzene rings is 1. The van der Waals surface area contributed by atoms with E-state index in [0.29, 0.717) is 11.1 Å². The van der Waals surface area contributed by atoms with Crippen molar-refractivity contribution in [2.45, 2.75) is 0 Å². The third-order valence-electron chi connectivity index (χ3n) is 2.61. The van der Waals surface area contributed by atoms with E-state index in [2.05, 4.69) is 14.7 Å². The molecule has 0 atom stereocenters. The second-order valence-corrected chi connectivity index (χ2v) is 3.58. The van der Waals surface area contributed by atoms with Crippen molar-refractivity contribution >= 4 is 22.4 Å². The Kier molecular flexibility index (Phi) is 1.82. The van der Waals surface area contributed by atoms with Crippen molar-refractivity contribution in [3.05, 3.63) is 42.6 Å². The number of hydrogen-bond donors (Lipinski definition) is 0. The number of hydrogen-bond acceptors (Lipinski definition) is 4. The summed E-state index contributed by atoms with van der Waals surface area (Å²) < 4.78 is 14.0.